The van der Waals surface area contributed by atoms with Crippen molar-refractivity contribution in [3.8, 4) is 0 Å². The number of ether oxygens (including phenoxy) is 1. The zero-order chi connectivity index (χ0) is 12.8. The van der Waals surface area contributed by atoms with Crippen LogP contribution in [0, 0.1) is 10.1 Å². The van der Waals surface area contributed by atoms with Crippen molar-refractivity contribution >= 4 is 17.3 Å². The molecule has 0 aliphatic carbocycles. The van der Waals surface area contributed by atoms with E-state index in [4.69, 9.17) is 9.84 Å². The van der Waals surface area contributed by atoms with Crippen LogP contribution in [0.15, 0.2) is 18.2 Å². The van der Waals surface area contributed by atoms with Gasteiger partial charge in [-0.25, -0.2) is 0 Å². The smallest absolute Gasteiger partial charge is 0.322 e. The highest BCUT2D eigenvalue weighted by Crippen LogP contribution is 2.22. The molecule has 0 fully saturated rings. The first kappa shape index (κ1) is 12.9. The monoisotopic (exact) mass is 240 g/mol. The molecule has 0 unspecified atom stereocenters. The molecule has 0 heterocycles. The lowest BCUT2D eigenvalue weighted by atomic mass is 10.1. The van der Waals surface area contributed by atoms with Crippen LogP contribution >= 0.6 is 0 Å². The molecule has 0 spiro atoms. The zero-order valence-corrected chi connectivity index (χ0v) is 9.17. The molecule has 0 aliphatic heterocycles. The van der Waals surface area contributed by atoms with E-state index in [0.717, 1.165) is 0 Å². The Hall–Kier alpha value is -2.15. The van der Waals surface area contributed by atoms with Gasteiger partial charge in [-0.15, -0.1) is 0 Å². The van der Waals surface area contributed by atoms with Gasteiger partial charge in [-0.1, -0.05) is 0 Å². The van der Waals surface area contributed by atoms with Crippen molar-refractivity contribution in [2.45, 2.75) is 6.61 Å². The third kappa shape index (κ3) is 3.72. The Morgan fingerprint density at radius 2 is 2.29 bits per heavy atom. The summed E-state index contributed by atoms with van der Waals surface area (Å²) in [4.78, 5) is 20.5. The van der Waals surface area contributed by atoms with Gasteiger partial charge in [-0.3, -0.25) is 14.9 Å². The number of hydrogen-bond acceptors (Lipinski definition) is 5. The predicted molar refractivity (Wildman–Crippen MR) is 59.9 cm³/mol. The van der Waals surface area contributed by atoms with Crippen molar-refractivity contribution < 1.29 is 19.6 Å². The normalized spacial score (nSPS) is 9.94. The standard InChI is InChI=1S/C10H12N2O5/c1-17-6-7-4-8(12(15)16)2-3-9(7)11-5-10(13)14/h2-4,11H,5-6H2,1H3,(H,13,14). The summed E-state index contributed by atoms with van der Waals surface area (Å²) in [5, 5.41) is 21.8. The number of nitrogens with one attached hydrogen (secondary N) is 1. The highest BCUT2D eigenvalue weighted by Gasteiger charge is 2.11. The number of carboxylic acid groups (broad SMARTS) is 1. The molecule has 7 heteroatoms. The fourth-order valence-electron chi connectivity index (χ4n) is 1.31. The maximum atomic E-state index is 10.6. The van der Waals surface area contributed by atoms with E-state index >= 15 is 0 Å². The van der Waals surface area contributed by atoms with Crippen LogP contribution in [-0.4, -0.2) is 29.7 Å². The summed E-state index contributed by atoms with van der Waals surface area (Å²) in [6.07, 6.45) is 0. The number of benzene rings is 1. The number of carbonyl (C=O) groups is 1. The molecule has 0 aromatic heterocycles. The minimum atomic E-state index is -1.01. The number of nitro benzene ring substituents is 1. The van der Waals surface area contributed by atoms with E-state index < -0.39 is 10.9 Å². The third-order valence-electron chi connectivity index (χ3n) is 2.03. The van der Waals surface area contributed by atoms with Crippen molar-refractivity contribution in [2.24, 2.45) is 0 Å². The Morgan fingerprint density at radius 3 is 2.82 bits per heavy atom. The molecule has 7 nitrogen and oxygen atoms in total. The first-order chi connectivity index (χ1) is 8.04. The maximum absolute atomic E-state index is 10.6. The molecule has 0 aliphatic rings. The van der Waals surface area contributed by atoms with Gasteiger partial charge in [0.15, 0.2) is 0 Å². The van der Waals surface area contributed by atoms with Crippen molar-refractivity contribution in [3.63, 3.8) is 0 Å². The molecule has 0 atom stereocenters. The molecule has 0 saturated heterocycles. The van der Waals surface area contributed by atoms with Gasteiger partial charge in [-0.2, -0.15) is 0 Å². The Balaban J connectivity index is 2.95. The molecule has 17 heavy (non-hydrogen) atoms. The summed E-state index contributed by atoms with van der Waals surface area (Å²) in [6.45, 7) is -0.0852. The molecule has 1 rings (SSSR count). The summed E-state index contributed by atoms with van der Waals surface area (Å²) in [7, 11) is 1.46. The van der Waals surface area contributed by atoms with Gasteiger partial charge in [-0.05, 0) is 6.07 Å². The minimum absolute atomic E-state index is 0.0575. The largest absolute Gasteiger partial charge is 0.480 e. The van der Waals surface area contributed by atoms with Crippen molar-refractivity contribution in [1.29, 1.82) is 0 Å². The minimum Gasteiger partial charge on any atom is -0.480 e. The third-order valence-corrected chi connectivity index (χ3v) is 2.03. The molecule has 0 radical (unpaired) electrons. The zero-order valence-electron chi connectivity index (χ0n) is 9.17. The lowest BCUT2D eigenvalue weighted by Crippen LogP contribution is -2.13. The van der Waals surface area contributed by atoms with Crippen LogP contribution < -0.4 is 5.32 Å². The second-order valence-corrected chi connectivity index (χ2v) is 3.28. The first-order valence-corrected chi connectivity index (χ1v) is 4.76. The van der Waals surface area contributed by atoms with Gasteiger partial charge in [0.05, 0.1) is 11.5 Å². The summed E-state index contributed by atoms with van der Waals surface area (Å²) < 4.78 is 4.90. The van der Waals surface area contributed by atoms with Crippen LogP contribution in [0.2, 0.25) is 0 Å². The highest BCUT2D eigenvalue weighted by atomic mass is 16.6. The second kappa shape index (κ2) is 5.80. The van der Waals surface area contributed by atoms with Crippen LogP contribution in [0.5, 0.6) is 0 Å². The molecular formula is C10H12N2O5. The number of nitrogens with zero attached hydrogens (tertiary/aromatic N) is 1. The molecule has 2 N–H and O–H groups in total. The molecule has 0 bridgehead atoms. The number of anilines is 1. The van der Waals surface area contributed by atoms with Crippen LogP contribution in [0.4, 0.5) is 11.4 Å². The summed E-state index contributed by atoms with van der Waals surface area (Å²) in [5.41, 5.74) is 1.00. The van der Waals surface area contributed by atoms with E-state index in [2.05, 4.69) is 5.32 Å². The number of rotatable bonds is 6. The fraction of sp³-hybridized carbons (Fsp3) is 0.300. The van der Waals surface area contributed by atoms with Crippen molar-refractivity contribution in [2.75, 3.05) is 19.0 Å². The Labute approximate surface area is 97.2 Å². The molecule has 0 saturated carbocycles. The van der Waals surface area contributed by atoms with Gasteiger partial charge < -0.3 is 15.2 Å². The van der Waals surface area contributed by atoms with Crippen LogP contribution in [0.25, 0.3) is 0 Å². The SMILES string of the molecule is COCc1cc([N+](=O)[O-])ccc1NCC(=O)O. The Kier molecular flexibility index (Phi) is 4.41. The van der Waals surface area contributed by atoms with Crippen LogP contribution in [0.3, 0.4) is 0 Å². The number of nitro groups is 1. The van der Waals surface area contributed by atoms with Gasteiger partial charge in [0.1, 0.15) is 6.54 Å². The Morgan fingerprint density at radius 1 is 1.59 bits per heavy atom. The highest BCUT2D eigenvalue weighted by molar-refractivity contribution is 5.73. The van der Waals surface area contributed by atoms with Crippen LogP contribution in [0.1, 0.15) is 5.56 Å². The molecular weight excluding hydrogens is 228 g/mol. The quantitative estimate of drug-likeness (QED) is 0.573. The molecule has 1 aromatic rings. The molecule has 1 aromatic carbocycles. The molecule has 92 valence electrons. The van der Waals surface area contributed by atoms with E-state index in [-0.39, 0.29) is 18.8 Å². The number of carboxylic acids is 1. The summed E-state index contributed by atoms with van der Waals surface area (Å²) in [5.74, 6) is -1.01. The topological polar surface area (TPSA) is 102 Å². The number of aliphatic carboxylic acids is 1. The van der Waals surface area contributed by atoms with E-state index in [1.54, 1.807) is 0 Å². The average Bonchev–Trinajstić information content (AvgIpc) is 2.27. The van der Waals surface area contributed by atoms with E-state index in [0.29, 0.717) is 11.3 Å². The second-order valence-electron chi connectivity index (χ2n) is 3.28. The lowest BCUT2D eigenvalue weighted by Gasteiger charge is -2.09. The predicted octanol–water partition coefficient (Wildman–Crippen LogP) is 1.24. The van der Waals surface area contributed by atoms with Gasteiger partial charge in [0.2, 0.25) is 0 Å². The first-order valence-electron chi connectivity index (χ1n) is 4.76. The summed E-state index contributed by atoms with van der Waals surface area (Å²) in [6, 6.07) is 4.13. The number of methoxy groups -OCH3 is 1. The van der Waals surface area contributed by atoms with Gasteiger partial charge in [0, 0.05) is 30.5 Å². The Bertz CT molecular complexity index is 433. The van der Waals surface area contributed by atoms with E-state index in [1.807, 2.05) is 0 Å². The van der Waals surface area contributed by atoms with Crippen molar-refractivity contribution in [1.82, 2.24) is 0 Å². The lowest BCUT2D eigenvalue weighted by molar-refractivity contribution is -0.384. The molecule has 0 amide bonds. The van der Waals surface area contributed by atoms with Gasteiger partial charge >= 0.3 is 5.97 Å². The van der Waals surface area contributed by atoms with E-state index in [9.17, 15) is 14.9 Å². The number of non-ortho nitro benzene ring substituents is 1. The van der Waals surface area contributed by atoms with E-state index in [1.165, 1.54) is 25.3 Å². The maximum Gasteiger partial charge on any atom is 0.322 e. The van der Waals surface area contributed by atoms with Gasteiger partial charge in [0.25, 0.3) is 5.69 Å². The number of hydrogen-bond donors (Lipinski definition) is 2. The average molecular weight is 240 g/mol. The van der Waals surface area contributed by atoms with Crippen LogP contribution in [-0.2, 0) is 16.1 Å². The summed E-state index contributed by atoms with van der Waals surface area (Å²) >= 11 is 0. The van der Waals surface area contributed by atoms with Crippen molar-refractivity contribution in [3.05, 3.63) is 33.9 Å². The fourth-order valence-corrected chi connectivity index (χ4v) is 1.31.